The first-order chi connectivity index (χ1) is 8.54. The lowest BCUT2D eigenvalue weighted by molar-refractivity contribution is 0.584. The van der Waals surface area contributed by atoms with Gasteiger partial charge in [0.2, 0.25) is 0 Å². The van der Waals surface area contributed by atoms with Crippen molar-refractivity contribution in [2.45, 2.75) is 6.54 Å². The van der Waals surface area contributed by atoms with Gasteiger partial charge in [0.1, 0.15) is 17.5 Å². The molecule has 0 saturated carbocycles. The predicted molar refractivity (Wildman–Crippen MR) is 67.8 cm³/mol. The van der Waals surface area contributed by atoms with Crippen molar-refractivity contribution in [2.75, 3.05) is 5.32 Å². The minimum atomic E-state index is -0.653. The van der Waals surface area contributed by atoms with Crippen LogP contribution in [0.15, 0.2) is 40.9 Å². The van der Waals surface area contributed by atoms with Crippen LogP contribution in [0, 0.1) is 17.5 Å². The average molecular weight is 316 g/mol. The molecule has 0 fully saturated rings. The number of anilines is 1. The number of nitrogens with one attached hydrogen (secondary N) is 1. The summed E-state index contributed by atoms with van der Waals surface area (Å²) in [5, 5.41) is 2.83. The summed E-state index contributed by atoms with van der Waals surface area (Å²) in [5.41, 5.74) is 0.996. The highest BCUT2D eigenvalue weighted by Gasteiger charge is 2.03. The molecule has 0 heterocycles. The number of rotatable bonds is 3. The molecule has 0 radical (unpaired) electrons. The van der Waals surface area contributed by atoms with Crippen LogP contribution < -0.4 is 5.32 Å². The largest absolute Gasteiger partial charge is 0.381 e. The Morgan fingerprint density at radius 2 is 1.61 bits per heavy atom. The van der Waals surface area contributed by atoms with Crippen molar-refractivity contribution in [3.8, 4) is 0 Å². The average Bonchev–Trinajstić information content (AvgIpc) is 2.29. The summed E-state index contributed by atoms with van der Waals surface area (Å²) in [5.74, 6) is -1.68. The van der Waals surface area contributed by atoms with E-state index >= 15 is 0 Å². The van der Waals surface area contributed by atoms with E-state index in [0.717, 1.165) is 6.07 Å². The molecule has 2 rings (SSSR count). The maximum absolute atomic E-state index is 13.2. The normalized spacial score (nSPS) is 10.4. The molecule has 0 aliphatic carbocycles. The Hall–Kier alpha value is -1.49. The Morgan fingerprint density at radius 1 is 0.944 bits per heavy atom. The minimum absolute atomic E-state index is 0.285. The fourth-order valence-electron chi connectivity index (χ4n) is 1.51. The molecule has 0 atom stereocenters. The van der Waals surface area contributed by atoms with Crippen LogP contribution in [-0.2, 0) is 6.54 Å². The van der Waals surface area contributed by atoms with E-state index in [2.05, 4.69) is 21.2 Å². The molecule has 2 aromatic carbocycles. The van der Waals surface area contributed by atoms with Gasteiger partial charge in [0.15, 0.2) is 0 Å². The van der Waals surface area contributed by atoms with E-state index in [9.17, 15) is 13.2 Å². The molecule has 5 heteroatoms. The van der Waals surface area contributed by atoms with E-state index in [1.54, 1.807) is 12.1 Å². The third kappa shape index (κ3) is 3.26. The molecule has 0 aromatic heterocycles. The summed E-state index contributed by atoms with van der Waals surface area (Å²) in [7, 11) is 0. The maximum atomic E-state index is 13.2. The fraction of sp³-hybridized carbons (Fsp3) is 0.0769. The Labute approximate surface area is 111 Å². The molecule has 0 aliphatic rings. The minimum Gasteiger partial charge on any atom is -0.381 e. The zero-order chi connectivity index (χ0) is 13.1. The zero-order valence-corrected chi connectivity index (χ0v) is 10.8. The molecule has 0 bridgehead atoms. The first kappa shape index (κ1) is 13.0. The molecule has 0 amide bonds. The Balaban J connectivity index is 2.08. The van der Waals surface area contributed by atoms with Gasteiger partial charge in [-0.25, -0.2) is 13.2 Å². The van der Waals surface area contributed by atoms with Gasteiger partial charge in [-0.2, -0.15) is 0 Å². The van der Waals surface area contributed by atoms with Crippen molar-refractivity contribution in [1.82, 2.24) is 0 Å². The SMILES string of the molecule is Fc1cc(F)cc(NCc2ccc(Br)c(F)c2)c1. The fourth-order valence-corrected chi connectivity index (χ4v) is 1.76. The van der Waals surface area contributed by atoms with Gasteiger partial charge in [-0.15, -0.1) is 0 Å². The molecular weight excluding hydrogens is 307 g/mol. The second-order valence-electron chi connectivity index (χ2n) is 3.76. The smallest absolute Gasteiger partial charge is 0.137 e. The monoisotopic (exact) mass is 315 g/mol. The summed E-state index contributed by atoms with van der Waals surface area (Å²) < 4.78 is 39.5. The van der Waals surface area contributed by atoms with Crippen LogP contribution in [0.4, 0.5) is 18.9 Å². The van der Waals surface area contributed by atoms with Gasteiger partial charge in [0, 0.05) is 18.3 Å². The van der Waals surface area contributed by atoms with E-state index in [1.165, 1.54) is 18.2 Å². The van der Waals surface area contributed by atoms with Crippen LogP contribution in [0.1, 0.15) is 5.56 Å². The summed E-state index contributed by atoms with van der Waals surface area (Å²) in [6.45, 7) is 0.285. The van der Waals surface area contributed by atoms with Gasteiger partial charge < -0.3 is 5.32 Å². The molecule has 94 valence electrons. The predicted octanol–water partition coefficient (Wildman–Crippen LogP) is 4.48. The van der Waals surface area contributed by atoms with E-state index in [4.69, 9.17) is 0 Å². The highest BCUT2D eigenvalue weighted by molar-refractivity contribution is 9.10. The molecule has 2 aromatic rings. The van der Waals surface area contributed by atoms with Gasteiger partial charge in [-0.05, 0) is 45.8 Å². The highest BCUT2D eigenvalue weighted by Crippen LogP contribution is 2.18. The van der Waals surface area contributed by atoms with Crippen molar-refractivity contribution >= 4 is 21.6 Å². The molecule has 0 spiro atoms. The summed E-state index contributed by atoms with van der Waals surface area (Å²) in [4.78, 5) is 0. The van der Waals surface area contributed by atoms with E-state index in [1.807, 2.05) is 0 Å². The standard InChI is InChI=1S/C13H9BrF3N/c14-12-2-1-8(3-13(12)17)7-18-11-5-9(15)4-10(16)6-11/h1-6,18H,7H2. The van der Waals surface area contributed by atoms with Crippen molar-refractivity contribution in [3.05, 3.63) is 63.9 Å². The summed E-state index contributed by atoms with van der Waals surface area (Å²) in [6, 6.07) is 7.81. The Morgan fingerprint density at radius 3 is 2.22 bits per heavy atom. The van der Waals surface area contributed by atoms with Gasteiger partial charge in [0.25, 0.3) is 0 Å². The quantitative estimate of drug-likeness (QED) is 0.880. The van der Waals surface area contributed by atoms with Crippen molar-refractivity contribution in [3.63, 3.8) is 0 Å². The van der Waals surface area contributed by atoms with Crippen LogP contribution in [0.3, 0.4) is 0 Å². The number of halogens is 4. The second kappa shape index (κ2) is 5.44. The number of hydrogen-bond acceptors (Lipinski definition) is 1. The van der Waals surface area contributed by atoms with E-state index in [0.29, 0.717) is 15.7 Å². The Bertz CT molecular complexity index is 552. The maximum Gasteiger partial charge on any atom is 0.137 e. The summed E-state index contributed by atoms with van der Waals surface area (Å²) >= 11 is 3.05. The topological polar surface area (TPSA) is 12.0 Å². The highest BCUT2D eigenvalue weighted by atomic mass is 79.9. The number of hydrogen-bond donors (Lipinski definition) is 1. The lowest BCUT2D eigenvalue weighted by Gasteiger charge is -2.07. The molecule has 0 saturated heterocycles. The third-order valence-corrected chi connectivity index (χ3v) is 2.99. The Kier molecular flexibility index (Phi) is 3.91. The lowest BCUT2D eigenvalue weighted by atomic mass is 10.2. The molecule has 0 aliphatic heterocycles. The van der Waals surface area contributed by atoms with Crippen LogP contribution in [0.2, 0.25) is 0 Å². The van der Waals surface area contributed by atoms with E-state index < -0.39 is 11.6 Å². The van der Waals surface area contributed by atoms with Gasteiger partial charge >= 0.3 is 0 Å². The van der Waals surface area contributed by atoms with Crippen molar-refractivity contribution in [2.24, 2.45) is 0 Å². The van der Waals surface area contributed by atoms with Gasteiger partial charge in [0.05, 0.1) is 4.47 Å². The molecule has 1 nitrogen and oxygen atoms in total. The molecular formula is C13H9BrF3N. The first-order valence-electron chi connectivity index (χ1n) is 5.18. The second-order valence-corrected chi connectivity index (χ2v) is 4.61. The summed E-state index contributed by atoms with van der Waals surface area (Å²) in [6.07, 6.45) is 0. The molecule has 0 unspecified atom stereocenters. The lowest BCUT2D eigenvalue weighted by Crippen LogP contribution is -2.00. The van der Waals surface area contributed by atoms with Gasteiger partial charge in [-0.3, -0.25) is 0 Å². The zero-order valence-electron chi connectivity index (χ0n) is 9.18. The van der Waals surface area contributed by atoms with Crippen LogP contribution in [-0.4, -0.2) is 0 Å². The van der Waals surface area contributed by atoms with E-state index in [-0.39, 0.29) is 12.4 Å². The molecule has 1 N–H and O–H groups in total. The number of benzene rings is 2. The van der Waals surface area contributed by atoms with Crippen LogP contribution >= 0.6 is 15.9 Å². The third-order valence-electron chi connectivity index (χ3n) is 2.34. The molecule has 18 heavy (non-hydrogen) atoms. The van der Waals surface area contributed by atoms with Gasteiger partial charge in [-0.1, -0.05) is 6.07 Å². The van der Waals surface area contributed by atoms with Crippen LogP contribution in [0.25, 0.3) is 0 Å². The van der Waals surface area contributed by atoms with Crippen molar-refractivity contribution < 1.29 is 13.2 Å². The van der Waals surface area contributed by atoms with Crippen molar-refractivity contribution in [1.29, 1.82) is 0 Å². The first-order valence-corrected chi connectivity index (χ1v) is 5.98. The van der Waals surface area contributed by atoms with Crippen LogP contribution in [0.5, 0.6) is 0 Å².